The summed E-state index contributed by atoms with van der Waals surface area (Å²) in [5.74, 6) is -0.472. The maximum atomic E-state index is 12.5. The first-order valence-corrected chi connectivity index (χ1v) is 3.19. The number of halogens is 2. The Morgan fingerprint density at radius 2 is 2.25 bits per heavy atom. The Labute approximate surface area is 56.4 Å². The Bertz CT molecular complexity index is 101. The van der Waals surface area contributed by atoms with Crippen LogP contribution in [0, 0.1) is 0 Å². The van der Waals surface area contributed by atoms with Crippen molar-refractivity contribution in [1.29, 1.82) is 0 Å². The average molecular weight is 183 g/mol. The zero-order valence-electron chi connectivity index (χ0n) is 4.87. The molecule has 1 unspecified atom stereocenters. The second-order valence-corrected chi connectivity index (χ2v) is 2.87. The minimum Gasteiger partial charge on any atom is -0.295 e. The van der Waals surface area contributed by atoms with Gasteiger partial charge < -0.3 is 0 Å². The van der Waals surface area contributed by atoms with Gasteiger partial charge in [0.05, 0.1) is 0 Å². The van der Waals surface area contributed by atoms with E-state index in [1.807, 2.05) is 0 Å². The van der Waals surface area contributed by atoms with Gasteiger partial charge in [-0.2, -0.15) is 0 Å². The molecule has 0 saturated carbocycles. The molecule has 0 N–H and O–H groups in total. The Hall–Kier alpha value is 0.0800. The minimum absolute atomic E-state index is 0.183. The third-order valence-electron chi connectivity index (χ3n) is 0.959. The Morgan fingerprint density at radius 3 is 2.25 bits per heavy atom. The Kier molecular flexibility index (Phi) is 2.60. The summed E-state index contributed by atoms with van der Waals surface area (Å²) < 4.78 is 10.7. The highest BCUT2D eigenvalue weighted by molar-refractivity contribution is 9.10. The number of hydrogen-bond donors (Lipinski definition) is 0. The summed E-state index contributed by atoms with van der Waals surface area (Å²) in [6.07, 6.45) is 0.183. The summed E-state index contributed by atoms with van der Waals surface area (Å²) >= 11 is 2.63. The normalized spacial score (nSPS) is 17.5. The van der Waals surface area contributed by atoms with Gasteiger partial charge in [0.1, 0.15) is 0 Å². The molecule has 0 radical (unpaired) electrons. The van der Waals surface area contributed by atoms with Crippen LogP contribution >= 0.6 is 15.9 Å². The van der Waals surface area contributed by atoms with Crippen LogP contribution in [0.15, 0.2) is 0 Å². The Balaban J connectivity index is 3.91. The van der Waals surface area contributed by atoms with Gasteiger partial charge in [0, 0.05) is 0 Å². The van der Waals surface area contributed by atoms with Crippen LogP contribution < -0.4 is 0 Å². The van der Waals surface area contributed by atoms with Gasteiger partial charge in [-0.3, -0.25) is 4.79 Å². The van der Waals surface area contributed by atoms with E-state index in [0.29, 0.717) is 0 Å². The summed E-state index contributed by atoms with van der Waals surface area (Å²) in [6.45, 7) is 2.83. The van der Waals surface area contributed by atoms with Gasteiger partial charge in [-0.15, -0.1) is 0 Å². The van der Waals surface area contributed by atoms with Gasteiger partial charge >= 0.3 is 0 Å². The first kappa shape index (κ1) is 8.08. The van der Waals surface area contributed by atoms with E-state index in [0.717, 1.165) is 0 Å². The van der Waals surface area contributed by atoms with Gasteiger partial charge in [-0.05, 0) is 29.3 Å². The van der Waals surface area contributed by atoms with Crippen LogP contribution in [0.4, 0.5) is 4.39 Å². The van der Waals surface area contributed by atoms with Crippen molar-refractivity contribution in [2.45, 2.75) is 24.8 Å². The molecule has 0 aromatic carbocycles. The highest BCUT2D eigenvalue weighted by atomic mass is 79.9. The SMILES string of the molecule is CCC(F)(Br)C(C)=O. The lowest BCUT2D eigenvalue weighted by Gasteiger charge is -2.09. The van der Waals surface area contributed by atoms with Crippen molar-refractivity contribution in [3.63, 3.8) is 0 Å². The smallest absolute Gasteiger partial charge is 0.221 e. The molecular weight excluding hydrogens is 175 g/mol. The molecule has 3 heteroatoms. The fourth-order valence-corrected chi connectivity index (χ4v) is 0.249. The standard InChI is InChI=1S/C5H8BrFO/c1-3-5(6,7)4(2)8/h3H2,1-2H3. The van der Waals surface area contributed by atoms with Gasteiger partial charge in [0.2, 0.25) is 4.58 Å². The van der Waals surface area contributed by atoms with Crippen LogP contribution in [0.5, 0.6) is 0 Å². The van der Waals surface area contributed by atoms with Crippen molar-refractivity contribution in [1.82, 2.24) is 0 Å². The van der Waals surface area contributed by atoms with Crippen LogP contribution in [0.3, 0.4) is 0 Å². The van der Waals surface area contributed by atoms with Gasteiger partial charge in [-0.25, -0.2) is 4.39 Å². The molecule has 0 aliphatic heterocycles. The molecule has 0 fully saturated rings. The molecule has 0 saturated heterocycles. The van der Waals surface area contributed by atoms with E-state index in [2.05, 4.69) is 15.9 Å². The summed E-state index contributed by atoms with van der Waals surface area (Å²) in [4.78, 5) is 10.3. The predicted molar refractivity (Wildman–Crippen MR) is 33.7 cm³/mol. The molecule has 0 aromatic heterocycles. The van der Waals surface area contributed by atoms with Crippen molar-refractivity contribution < 1.29 is 9.18 Å². The number of carbonyl (C=O) groups excluding carboxylic acids is 1. The van der Waals surface area contributed by atoms with Crippen LogP contribution in [0.1, 0.15) is 20.3 Å². The van der Waals surface area contributed by atoms with Crippen LogP contribution in [0.2, 0.25) is 0 Å². The number of hydrogen-bond acceptors (Lipinski definition) is 1. The largest absolute Gasteiger partial charge is 0.295 e. The topological polar surface area (TPSA) is 17.1 Å². The van der Waals surface area contributed by atoms with Crippen molar-refractivity contribution in [2.24, 2.45) is 0 Å². The molecule has 0 rings (SSSR count). The summed E-state index contributed by atoms with van der Waals surface area (Å²) in [5, 5.41) is 0. The second-order valence-electron chi connectivity index (χ2n) is 1.61. The highest BCUT2D eigenvalue weighted by Crippen LogP contribution is 2.24. The number of rotatable bonds is 2. The molecule has 1 nitrogen and oxygen atoms in total. The molecule has 48 valence electrons. The van der Waals surface area contributed by atoms with E-state index in [4.69, 9.17) is 0 Å². The zero-order chi connectivity index (χ0) is 6.78. The van der Waals surface area contributed by atoms with Crippen molar-refractivity contribution in [3.8, 4) is 0 Å². The lowest BCUT2D eigenvalue weighted by Crippen LogP contribution is -2.21. The summed E-state index contributed by atoms with van der Waals surface area (Å²) in [7, 11) is 0. The van der Waals surface area contributed by atoms with Crippen molar-refractivity contribution >= 4 is 21.7 Å². The molecule has 0 aliphatic rings. The maximum absolute atomic E-state index is 12.5. The minimum atomic E-state index is -1.78. The molecule has 8 heavy (non-hydrogen) atoms. The third kappa shape index (κ3) is 1.90. The lowest BCUT2D eigenvalue weighted by atomic mass is 10.2. The monoisotopic (exact) mass is 182 g/mol. The number of Topliss-reactive ketones (excluding diaryl/α,β-unsaturated/α-hetero) is 1. The quantitative estimate of drug-likeness (QED) is 0.598. The van der Waals surface area contributed by atoms with E-state index >= 15 is 0 Å². The summed E-state index contributed by atoms with van der Waals surface area (Å²) in [5.41, 5.74) is 0. The van der Waals surface area contributed by atoms with E-state index < -0.39 is 10.4 Å². The third-order valence-corrected chi connectivity index (χ3v) is 2.08. The van der Waals surface area contributed by atoms with E-state index in [-0.39, 0.29) is 6.42 Å². The molecule has 0 amide bonds. The van der Waals surface area contributed by atoms with Crippen molar-refractivity contribution in [2.75, 3.05) is 0 Å². The maximum Gasteiger partial charge on any atom is 0.221 e. The van der Waals surface area contributed by atoms with E-state index in [1.54, 1.807) is 6.92 Å². The molecule has 0 spiro atoms. The molecule has 0 bridgehead atoms. The van der Waals surface area contributed by atoms with E-state index in [9.17, 15) is 9.18 Å². The molecule has 0 heterocycles. The Morgan fingerprint density at radius 1 is 1.88 bits per heavy atom. The zero-order valence-corrected chi connectivity index (χ0v) is 6.46. The van der Waals surface area contributed by atoms with Gasteiger partial charge in [-0.1, -0.05) is 6.92 Å². The number of alkyl halides is 2. The van der Waals surface area contributed by atoms with Crippen LogP contribution in [-0.4, -0.2) is 10.4 Å². The number of carbonyl (C=O) groups is 1. The predicted octanol–water partition coefficient (Wildman–Crippen LogP) is 2.05. The number of ketones is 1. The van der Waals surface area contributed by atoms with Gasteiger partial charge in [0.25, 0.3) is 0 Å². The van der Waals surface area contributed by atoms with E-state index in [1.165, 1.54) is 6.92 Å². The van der Waals surface area contributed by atoms with Crippen molar-refractivity contribution in [3.05, 3.63) is 0 Å². The highest BCUT2D eigenvalue weighted by Gasteiger charge is 2.28. The first-order valence-electron chi connectivity index (χ1n) is 2.39. The van der Waals surface area contributed by atoms with Gasteiger partial charge in [0.15, 0.2) is 5.78 Å². The molecule has 0 aromatic rings. The summed E-state index contributed by atoms with van der Waals surface area (Å²) in [6, 6.07) is 0. The average Bonchev–Trinajstić information content (AvgIpc) is 1.67. The molecular formula is C5H8BrFO. The first-order chi connectivity index (χ1) is 3.50. The lowest BCUT2D eigenvalue weighted by molar-refractivity contribution is -0.123. The fourth-order valence-electron chi connectivity index (χ4n) is 0.249. The van der Waals surface area contributed by atoms with Crippen LogP contribution in [-0.2, 0) is 4.79 Å². The molecule has 1 atom stereocenters. The molecule has 0 aliphatic carbocycles. The van der Waals surface area contributed by atoms with Crippen LogP contribution in [0.25, 0.3) is 0 Å². The fraction of sp³-hybridized carbons (Fsp3) is 0.800. The second kappa shape index (κ2) is 2.58.